The average Bonchev–Trinajstić information content (AvgIpc) is 3.79. The molecule has 0 fully saturated rings. The number of phenolic OH excluding ortho intramolecular Hbond substituents is 6. The van der Waals surface area contributed by atoms with Crippen molar-refractivity contribution in [2.75, 3.05) is 9.80 Å². The van der Waals surface area contributed by atoms with Crippen LogP contribution < -0.4 is 9.80 Å². The van der Waals surface area contributed by atoms with Crippen molar-refractivity contribution < 1.29 is 30.6 Å². The number of hydrogen-bond donors (Lipinski definition) is 6. The van der Waals surface area contributed by atoms with Crippen molar-refractivity contribution in [3.63, 3.8) is 0 Å². The Kier molecular flexibility index (Phi) is 10.6. The molecule has 0 aliphatic heterocycles. The molecule has 8 nitrogen and oxygen atoms in total. The zero-order valence-electron chi connectivity index (χ0n) is 42.2. The van der Waals surface area contributed by atoms with Crippen molar-refractivity contribution in [3.8, 4) is 56.8 Å². The summed E-state index contributed by atoms with van der Waals surface area (Å²) in [5.74, 6) is -4.73. The molecule has 0 spiro atoms. The highest BCUT2D eigenvalue weighted by molar-refractivity contribution is 6.11. The summed E-state index contributed by atoms with van der Waals surface area (Å²) in [5, 5.41) is 69.8. The van der Waals surface area contributed by atoms with Crippen LogP contribution in [0.1, 0.15) is 56.9 Å². The lowest BCUT2D eigenvalue weighted by atomic mass is 9.80. The zero-order valence-corrected chi connectivity index (χ0v) is 42.2. The Morgan fingerprint density at radius 2 is 1.04 bits per heavy atom. The molecule has 0 unspecified atom stereocenters. The van der Waals surface area contributed by atoms with Gasteiger partial charge < -0.3 is 40.4 Å². The Labute approximate surface area is 435 Å². The number of phenols is 6. The Hall–Kier alpha value is -9.40. The van der Waals surface area contributed by atoms with Gasteiger partial charge in [0, 0.05) is 44.1 Å². The number of benzene rings is 10. The van der Waals surface area contributed by atoms with E-state index in [2.05, 4.69) is 155 Å². The van der Waals surface area contributed by atoms with Crippen LogP contribution in [-0.4, -0.2) is 30.6 Å². The maximum absolute atomic E-state index is 12.0. The predicted molar refractivity (Wildman–Crippen MR) is 306 cm³/mol. The highest BCUT2D eigenvalue weighted by atomic mass is 16.3. The minimum absolute atomic E-state index is 0.119. The van der Waals surface area contributed by atoms with Crippen molar-refractivity contribution in [2.24, 2.45) is 0 Å². The number of nitrogens with zero attached hydrogens (tertiary/aromatic N) is 2. The fourth-order valence-corrected chi connectivity index (χ4v) is 12.0. The smallest absolute Gasteiger partial charge is 0.205 e. The van der Waals surface area contributed by atoms with Crippen LogP contribution in [0.15, 0.2) is 200 Å². The van der Waals surface area contributed by atoms with Gasteiger partial charge in [-0.3, -0.25) is 0 Å². The lowest BCUT2D eigenvalue weighted by molar-refractivity contribution is 0.349. The first-order valence-electron chi connectivity index (χ1n) is 25.1. The number of fused-ring (bicyclic) bond motifs is 8. The van der Waals surface area contributed by atoms with Crippen molar-refractivity contribution >= 4 is 72.0 Å². The van der Waals surface area contributed by atoms with Gasteiger partial charge in [0.1, 0.15) is 11.4 Å². The molecular formula is C67H54N2O6. The van der Waals surface area contributed by atoms with E-state index < -0.39 is 34.5 Å². The molecule has 6 N–H and O–H groups in total. The molecule has 0 atom stereocenters. The van der Waals surface area contributed by atoms with E-state index in [0.717, 1.165) is 56.0 Å². The first kappa shape index (κ1) is 46.7. The fourth-order valence-electron chi connectivity index (χ4n) is 12.0. The third-order valence-electron chi connectivity index (χ3n) is 15.8. The van der Waals surface area contributed by atoms with Crippen LogP contribution in [0.3, 0.4) is 0 Å². The zero-order chi connectivity index (χ0) is 52.2. The van der Waals surface area contributed by atoms with Crippen LogP contribution in [0, 0.1) is 0 Å². The Bertz CT molecular complexity index is 4100. The standard InChI is InChI=1S/C67H54N2O6/c1-7-16-51-44(8-2)58-49-22-12-11-21-48(49)56(37-54(58)67(51,5)6)68(43-33-34-47-46-20-13-14-23-52(46)66(3,4)53(47)35-43)41-29-25-38(26-30-41)39-27-31-42(32-28-39)69(55-24-15-18-40-17-9-10-19-45(40)55)60-57(70)36-50-59(62(60)72)63(73)65(75)64(74)61(50)71/h7-37,70-75H,2H2,1,3-6H3/b16-7-. The Morgan fingerprint density at radius 3 is 1.73 bits per heavy atom. The van der Waals surface area contributed by atoms with Crippen molar-refractivity contribution in [2.45, 2.75) is 45.4 Å². The molecule has 10 aromatic carbocycles. The third kappa shape index (κ3) is 6.90. The average molecular weight is 983 g/mol. The molecule has 0 saturated heterocycles. The predicted octanol–water partition coefficient (Wildman–Crippen LogP) is 17.1. The van der Waals surface area contributed by atoms with Crippen LogP contribution in [0.25, 0.3) is 60.1 Å². The van der Waals surface area contributed by atoms with E-state index in [0.29, 0.717) is 11.4 Å². The summed E-state index contributed by atoms with van der Waals surface area (Å²) in [6, 6.07) is 57.6. The third-order valence-corrected chi connectivity index (χ3v) is 15.8. The maximum Gasteiger partial charge on any atom is 0.205 e. The van der Waals surface area contributed by atoms with E-state index in [1.165, 1.54) is 44.3 Å². The van der Waals surface area contributed by atoms with Gasteiger partial charge in [-0.2, -0.15) is 0 Å². The molecular weight excluding hydrogens is 929 g/mol. The van der Waals surface area contributed by atoms with E-state index in [1.54, 1.807) is 4.90 Å². The van der Waals surface area contributed by atoms with Crippen molar-refractivity contribution in [1.29, 1.82) is 0 Å². The number of aromatic hydroxyl groups is 6. The van der Waals surface area contributed by atoms with E-state index in [9.17, 15) is 30.6 Å². The van der Waals surface area contributed by atoms with E-state index in [-0.39, 0.29) is 27.3 Å². The largest absolute Gasteiger partial charge is 0.506 e. The van der Waals surface area contributed by atoms with Gasteiger partial charge in [0.25, 0.3) is 0 Å². The van der Waals surface area contributed by atoms with Crippen molar-refractivity contribution in [3.05, 3.63) is 222 Å². The van der Waals surface area contributed by atoms with Crippen LogP contribution in [0.2, 0.25) is 0 Å². The minimum atomic E-state index is -1.01. The number of hydrogen-bond acceptors (Lipinski definition) is 8. The molecule has 0 amide bonds. The van der Waals surface area contributed by atoms with E-state index >= 15 is 0 Å². The second-order valence-corrected chi connectivity index (χ2v) is 20.6. The minimum Gasteiger partial charge on any atom is -0.506 e. The summed E-state index contributed by atoms with van der Waals surface area (Å²) in [4.78, 5) is 4.07. The van der Waals surface area contributed by atoms with E-state index in [4.69, 9.17) is 0 Å². The highest BCUT2D eigenvalue weighted by Gasteiger charge is 2.39. The summed E-state index contributed by atoms with van der Waals surface area (Å²) >= 11 is 0. The van der Waals surface area contributed by atoms with Crippen LogP contribution >= 0.6 is 0 Å². The van der Waals surface area contributed by atoms with Crippen LogP contribution in [0.4, 0.5) is 34.1 Å². The molecule has 2 aliphatic rings. The summed E-state index contributed by atoms with van der Waals surface area (Å²) in [7, 11) is 0. The summed E-state index contributed by atoms with van der Waals surface area (Å²) in [6.07, 6.45) is 6.35. The van der Waals surface area contributed by atoms with Crippen LogP contribution in [-0.2, 0) is 10.8 Å². The molecule has 8 heteroatoms. The van der Waals surface area contributed by atoms with Gasteiger partial charge in [0.2, 0.25) is 11.5 Å². The number of allylic oxidation sites excluding steroid dienone is 5. The quantitative estimate of drug-likeness (QED) is 0.0623. The first-order valence-corrected chi connectivity index (χ1v) is 25.1. The summed E-state index contributed by atoms with van der Waals surface area (Å²) in [6.45, 7) is 15.6. The maximum atomic E-state index is 12.0. The SMILES string of the molecule is C=CC1=C(/C=C\C)C(C)(C)c2cc(N(c3ccc(-c4ccc(N(c5c(O)cc6c(O)c(O)c(O)c(O)c6c5O)c5cccc6ccccc56)cc4)cc3)c3ccc4c(c3)C(C)(C)c3ccccc3-4)c3ccccc3c21. The van der Waals surface area contributed by atoms with E-state index in [1.807, 2.05) is 72.8 Å². The van der Waals surface area contributed by atoms with Gasteiger partial charge in [-0.05, 0) is 128 Å². The molecule has 0 saturated carbocycles. The van der Waals surface area contributed by atoms with Gasteiger partial charge in [-0.15, -0.1) is 0 Å². The molecule has 12 rings (SSSR count). The highest BCUT2D eigenvalue weighted by Crippen LogP contribution is 2.59. The number of rotatable bonds is 9. The second kappa shape index (κ2) is 17.1. The van der Waals surface area contributed by atoms with Gasteiger partial charge in [0.05, 0.1) is 16.8 Å². The molecule has 75 heavy (non-hydrogen) atoms. The molecule has 0 bridgehead atoms. The first-order chi connectivity index (χ1) is 36.1. The molecule has 0 aromatic heterocycles. The molecule has 0 radical (unpaired) electrons. The molecule has 0 heterocycles. The van der Waals surface area contributed by atoms with Crippen LogP contribution in [0.5, 0.6) is 34.5 Å². The molecule has 10 aromatic rings. The summed E-state index contributed by atoms with van der Waals surface area (Å²) < 4.78 is 0. The monoisotopic (exact) mass is 982 g/mol. The van der Waals surface area contributed by atoms with Gasteiger partial charge in [-0.1, -0.05) is 168 Å². The molecule has 368 valence electrons. The number of anilines is 6. The lowest BCUT2D eigenvalue weighted by Gasteiger charge is -2.31. The fraction of sp³-hybridized carbons (Fsp3) is 0.104. The molecule has 2 aliphatic carbocycles. The van der Waals surface area contributed by atoms with Gasteiger partial charge in [0.15, 0.2) is 17.2 Å². The topological polar surface area (TPSA) is 128 Å². The second-order valence-electron chi connectivity index (χ2n) is 20.6. The normalized spacial score (nSPS) is 14.1. The van der Waals surface area contributed by atoms with Gasteiger partial charge in [-0.25, -0.2) is 0 Å². The lowest BCUT2D eigenvalue weighted by Crippen LogP contribution is -2.19. The van der Waals surface area contributed by atoms with Gasteiger partial charge >= 0.3 is 0 Å². The van der Waals surface area contributed by atoms with Crippen molar-refractivity contribution in [1.82, 2.24) is 0 Å². The Balaban J connectivity index is 1.00. The summed E-state index contributed by atoms with van der Waals surface area (Å²) in [5.41, 5.74) is 15.4. The Morgan fingerprint density at radius 1 is 0.453 bits per heavy atom.